The molecule has 0 bridgehead atoms. The number of rotatable bonds is 4. The van der Waals surface area contributed by atoms with Gasteiger partial charge in [-0.3, -0.25) is 0 Å². The Hall–Kier alpha value is -2.98. The molecule has 0 radical (unpaired) electrons. The smallest absolute Gasteiger partial charge is 0.367 e. The van der Waals surface area contributed by atoms with Crippen molar-refractivity contribution in [2.75, 3.05) is 43.4 Å². The van der Waals surface area contributed by atoms with Crippen molar-refractivity contribution in [2.24, 2.45) is 5.73 Å². The van der Waals surface area contributed by atoms with E-state index in [0.717, 1.165) is 19.2 Å². The number of nitrogens with one attached hydrogen (secondary N) is 1. The number of nitrogens with two attached hydrogens (primary N) is 1. The summed E-state index contributed by atoms with van der Waals surface area (Å²) in [6.45, 7) is 6.11. The van der Waals surface area contributed by atoms with Crippen molar-refractivity contribution in [3.05, 3.63) is 58.5 Å². The molecule has 4 rings (SSSR count). The summed E-state index contributed by atoms with van der Waals surface area (Å²) in [4.78, 5) is 4.15. The lowest BCUT2D eigenvalue weighted by atomic mass is 10.00. The maximum atomic E-state index is 15.0. The topological polar surface area (TPSA) is 70.3 Å². The SMILES string of the molecule is Cc1c([C@@H](N)Nc2nnc(C)c3cc(F)c(N4CCN(C)CC4)cc23)cccc1C(F)(F)F. The van der Waals surface area contributed by atoms with Crippen molar-refractivity contribution >= 4 is 22.3 Å². The zero-order valence-corrected chi connectivity index (χ0v) is 18.7. The van der Waals surface area contributed by atoms with Crippen molar-refractivity contribution in [1.82, 2.24) is 15.1 Å². The van der Waals surface area contributed by atoms with E-state index < -0.39 is 17.9 Å². The Morgan fingerprint density at radius 2 is 1.73 bits per heavy atom. The van der Waals surface area contributed by atoms with Gasteiger partial charge in [-0.2, -0.15) is 18.3 Å². The molecule has 2 heterocycles. The van der Waals surface area contributed by atoms with Crippen LogP contribution < -0.4 is 16.0 Å². The average molecular weight is 462 g/mol. The van der Waals surface area contributed by atoms with Gasteiger partial charge in [0.05, 0.1) is 16.9 Å². The van der Waals surface area contributed by atoms with E-state index in [-0.39, 0.29) is 17.2 Å². The standard InChI is InChI=1S/C23H26F4N6/c1-13-15(5-4-6-18(13)23(25,26)27)21(28)29-22-17-12-20(33-9-7-32(3)8-10-33)19(24)11-16(17)14(2)30-31-22/h4-6,11-12,21H,7-10,28H2,1-3H3,(H,29,31)/t21-/m0/s1. The summed E-state index contributed by atoms with van der Waals surface area (Å²) < 4.78 is 55.0. The van der Waals surface area contributed by atoms with Gasteiger partial charge in [0.15, 0.2) is 5.82 Å². The zero-order valence-electron chi connectivity index (χ0n) is 18.7. The van der Waals surface area contributed by atoms with Crippen LogP contribution in [0.4, 0.5) is 29.1 Å². The summed E-state index contributed by atoms with van der Waals surface area (Å²) in [7, 11) is 2.02. The van der Waals surface area contributed by atoms with Gasteiger partial charge in [-0.25, -0.2) is 4.39 Å². The van der Waals surface area contributed by atoms with Gasteiger partial charge < -0.3 is 20.9 Å². The van der Waals surface area contributed by atoms with Crippen LogP contribution in [0.1, 0.15) is 28.6 Å². The van der Waals surface area contributed by atoms with Gasteiger partial charge in [0.25, 0.3) is 0 Å². The fourth-order valence-electron chi connectivity index (χ4n) is 4.21. The highest BCUT2D eigenvalue weighted by atomic mass is 19.4. The third-order valence-electron chi connectivity index (χ3n) is 6.18. The minimum Gasteiger partial charge on any atom is -0.367 e. The van der Waals surface area contributed by atoms with Gasteiger partial charge in [0, 0.05) is 37.0 Å². The molecule has 3 aromatic rings. The van der Waals surface area contributed by atoms with Crippen LogP contribution in [0, 0.1) is 19.7 Å². The van der Waals surface area contributed by atoms with Crippen molar-refractivity contribution in [2.45, 2.75) is 26.2 Å². The first kappa shape index (κ1) is 23.2. The summed E-state index contributed by atoms with van der Waals surface area (Å²) in [5.74, 6) is -0.0672. The van der Waals surface area contributed by atoms with Crippen LogP contribution in [0.2, 0.25) is 0 Å². The highest BCUT2D eigenvalue weighted by Crippen LogP contribution is 2.35. The number of benzene rings is 2. The average Bonchev–Trinajstić information content (AvgIpc) is 2.75. The number of aryl methyl sites for hydroxylation is 1. The van der Waals surface area contributed by atoms with Crippen LogP contribution in [0.15, 0.2) is 30.3 Å². The van der Waals surface area contributed by atoms with Gasteiger partial charge >= 0.3 is 6.18 Å². The number of halogens is 4. The first-order valence-electron chi connectivity index (χ1n) is 10.6. The maximum absolute atomic E-state index is 15.0. The van der Waals surface area contributed by atoms with Crippen molar-refractivity contribution in [1.29, 1.82) is 0 Å². The number of anilines is 2. The predicted molar refractivity (Wildman–Crippen MR) is 121 cm³/mol. The van der Waals surface area contributed by atoms with E-state index >= 15 is 0 Å². The molecule has 33 heavy (non-hydrogen) atoms. The lowest BCUT2D eigenvalue weighted by Gasteiger charge is -2.34. The fraction of sp³-hybridized carbons (Fsp3) is 0.391. The molecule has 0 amide bonds. The Morgan fingerprint density at radius 3 is 2.39 bits per heavy atom. The van der Waals surface area contributed by atoms with Gasteiger partial charge in [0.1, 0.15) is 12.0 Å². The molecule has 3 N–H and O–H groups in total. The van der Waals surface area contributed by atoms with Gasteiger partial charge in [-0.05, 0) is 50.2 Å². The molecule has 1 saturated heterocycles. The number of piperazine rings is 1. The number of fused-ring (bicyclic) bond motifs is 1. The van der Waals surface area contributed by atoms with E-state index in [4.69, 9.17) is 5.73 Å². The van der Waals surface area contributed by atoms with Crippen molar-refractivity contribution in [3.8, 4) is 0 Å². The third-order valence-corrected chi connectivity index (χ3v) is 6.18. The molecule has 0 aliphatic carbocycles. The molecular weight excluding hydrogens is 436 g/mol. The fourth-order valence-corrected chi connectivity index (χ4v) is 4.21. The molecule has 1 aromatic heterocycles. The Morgan fingerprint density at radius 1 is 1.03 bits per heavy atom. The number of hydrogen-bond acceptors (Lipinski definition) is 6. The summed E-state index contributed by atoms with van der Waals surface area (Å²) in [5.41, 5.74) is 6.85. The summed E-state index contributed by atoms with van der Waals surface area (Å²) in [6, 6.07) is 7.04. The van der Waals surface area contributed by atoms with Gasteiger partial charge in [0.2, 0.25) is 0 Å². The minimum absolute atomic E-state index is 0.0403. The first-order chi connectivity index (χ1) is 15.6. The molecule has 1 fully saturated rings. The number of hydrogen-bond donors (Lipinski definition) is 2. The molecule has 0 saturated carbocycles. The van der Waals surface area contributed by atoms with Crippen LogP contribution in [0.3, 0.4) is 0 Å². The zero-order chi connectivity index (χ0) is 23.9. The molecule has 2 aromatic carbocycles. The Kier molecular flexibility index (Phi) is 6.15. The number of aromatic nitrogens is 2. The first-order valence-corrected chi connectivity index (χ1v) is 10.6. The van der Waals surface area contributed by atoms with E-state index in [2.05, 4.69) is 20.4 Å². The Balaban J connectivity index is 1.72. The van der Waals surface area contributed by atoms with E-state index in [1.807, 2.05) is 11.9 Å². The summed E-state index contributed by atoms with van der Waals surface area (Å²) in [5, 5.41) is 12.4. The molecule has 1 aliphatic heterocycles. The van der Waals surface area contributed by atoms with E-state index in [9.17, 15) is 17.6 Å². The molecular formula is C23H26F4N6. The van der Waals surface area contributed by atoms with Crippen LogP contribution in [-0.4, -0.2) is 48.3 Å². The van der Waals surface area contributed by atoms with E-state index in [1.54, 1.807) is 19.1 Å². The van der Waals surface area contributed by atoms with Gasteiger partial charge in [-0.15, -0.1) is 5.10 Å². The molecule has 0 unspecified atom stereocenters. The lowest BCUT2D eigenvalue weighted by molar-refractivity contribution is -0.138. The maximum Gasteiger partial charge on any atom is 0.416 e. The second-order valence-corrected chi connectivity index (χ2v) is 8.41. The number of likely N-dealkylation sites (N-methyl/N-ethyl adjacent to an activating group) is 1. The number of alkyl halides is 3. The van der Waals surface area contributed by atoms with Crippen molar-refractivity contribution < 1.29 is 17.6 Å². The Labute approximate surface area is 189 Å². The third kappa shape index (κ3) is 4.58. The number of nitrogens with zero attached hydrogens (tertiary/aromatic N) is 4. The largest absolute Gasteiger partial charge is 0.416 e. The second-order valence-electron chi connectivity index (χ2n) is 8.41. The summed E-state index contributed by atoms with van der Waals surface area (Å²) >= 11 is 0. The van der Waals surface area contributed by atoms with Crippen LogP contribution >= 0.6 is 0 Å². The molecule has 176 valence electrons. The molecule has 1 aliphatic rings. The minimum atomic E-state index is -4.48. The van der Waals surface area contributed by atoms with Crippen LogP contribution in [0.5, 0.6) is 0 Å². The van der Waals surface area contributed by atoms with Crippen molar-refractivity contribution in [3.63, 3.8) is 0 Å². The molecule has 0 spiro atoms. The van der Waals surface area contributed by atoms with E-state index in [1.165, 1.54) is 19.1 Å². The van der Waals surface area contributed by atoms with Crippen LogP contribution in [-0.2, 0) is 6.18 Å². The van der Waals surface area contributed by atoms with Crippen LogP contribution in [0.25, 0.3) is 10.8 Å². The lowest BCUT2D eigenvalue weighted by Crippen LogP contribution is -2.44. The second kappa shape index (κ2) is 8.75. The van der Waals surface area contributed by atoms with E-state index in [0.29, 0.717) is 40.8 Å². The quantitative estimate of drug-likeness (QED) is 0.447. The summed E-state index contributed by atoms with van der Waals surface area (Å²) in [6.07, 6.45) is -5.45. The highest BCUT2D eigenvalue weighted by Gasteiger charge is 2.33. The Bertz CT molecular complexity index is 1170. The molecule has 1 atom stereocenters. The van der Waals surface area contributed by atoms with Gasteiger partial charge in [-0.1, -0.05) is 12.1 Å². The normalized spacial score (nSPS) is 16.3. The monoisotopic (exact) mass is 462 g/mol. The molecule has 10 heteroatoms. The highest BCUT2D eigenvalue weighted by molar-refractivity contribution is 5.95. The predicted octanol–water partition coefficient (Wildman–Crippen LogP) is 4.23. The molecule has 6 nitrogen and oxygen atoms in total.